The predicted octanol–water partition coefficient (Wildman–Crippen LogP) is 4.91. The summed E-state index contributed by atoms with van der Waals surface area (Å²) in [6.45, 7) is 14.4. The van der Waals surface area contributed by atoms with Crippen LogP contribution in [0.4, 0.5) is 5.69 Å². The van der Waals surface area contributed by atoms with Crippen LogP contribution < -0.4 is 9.04 Å². The van der Waals surface area contributed by atoms with Crippen LogP contribution in [-0.2, 0) is 20.0 Å². The third kappa shape index (κ3) is 6.03. The van der Waals surface area contributed by atoms with Crippen molar-refractivity contribution in [1.29, 1.82) is 0 Å². The molecule has 1 aliphatic heterocycles. The first-order valence-corrected chi connectivity index (χ1v) is 17.2. The van der Waals surface area contributed by atoms with Gasteiger partial charge in [0, 0.05) is 38.8 Å². The molecule has 0 radical (unpaired) electrons. The molecular formula is C32H41N3O6S2. The van der Waals surface area contributed by atoms with Crippen molar-refractivity contribution in [1.82, 2.24) is 9.21 Å². The second-order valence-electron chi connectivity index (χ2n) is 11.0. The quantitative estimate of drug-likeness (QED) is 0.352. The lowest BCUT2D eigenvalue weighted by Crippen LogP contribution is -2.50. The van der Waals surface area contributed by atoms with Gasteiger partial charge >= 0.3 is 0 Å². The number of rotatable bonds is 8. The lowest BCUT2D eigenvalue weighted by molar-refractivity contribution is 0.0697. The molecular weight excluding hydrogens is 587 g/mol. The van der Waals surface area contributed by atoms with Gasteiger partial charge in [-0.25, -0.2) is 16.8 Å². The average Bonchev–Trinajstić information content (AvgIpc) is 2.99. The van der Waals surface area contributed by atoms with E-state index in [4.69, 9.17) is 4.74 Å². The van der Waals surface area contributed by atoms with E-state index in [1.807, 2.05) is 41.5 Å². The molecule has 0 aromatic heterocycles. The SMILES string of the molecule is CCOc1ccc(N(C)S(=O)(=O)c2ccc(C)c(C(=O)N3CCN(S(=O)(=O)c4c(C)c(C)c(C)c(C)c4C)CC3)c2)cc1. The first kappa shape index (κ1) is 32.5. The van der Waals surface area contributed by atoms with Crippen LogP contribution in [0.1, 0.15) is 50.7 Å². The van der Waals surface area contributed by atoms with Crippen LogP contribution in [0.5, 0.6) is 5.75 Å². The van der Waals surface area contributed by atoms with Gasteiger partial charge in [-0.1, -0.05) is 6.07 Å². The van der Waals surface area contributed by atoms with E-state index in [1.165, 1.54) is 27.8 Å². The van der Waals surface area contributed by atoms with Gasteiger partial charge in [0.2, 0.25) is 10.0 Å². The van der Waals surface area contributed by atoms with E-state index in [9.17, 15) is 21.6 Å². The molecule has 1 aliphatic rings. The highest BCUT2D eigenvalue weighted by Crippen LogP contribution is 2.32. The summed E-state index contributed by atoms with van der Waals surface area (Å²) >= 11 is 0. The number of amides is 1. The third-order valence-electron chi connectivity index (χ3n) is 8.66. The van der Waals surface area contributed by atoms with Crippen LogP contribution in [0, 0.1) is 41.5 Å². The van der Waals surface area contributed by atoms with Crippen LogP contribution in [0.15, 0.2) is 52.3 Å². The van der Waals surface area contributed by atoms with Crippen LogP contribution in [0.2, 0.25) is 0 Å². The summed E-state index contributed by atoms with van der Waals surface area (Å²) in [7, 11) is -6.27. The third-order valence-corrected chi connectivity index (χ3v) is 12.6. The van der Waals surface area contributed by atoms with Gasteiger partial charge in [-0.3, -0.25) is 9.10 Å². The van der Waals surface area contributed by atoms with Gasteiger partial charge < -0.3 is 9.64 Å². The summed E-state index contributed by atoms with van der Waals surface area (Å²) in [6.07, 6.45) is 0. The van der Waals surface area contributed by atoms with E-state index in [1.54, 1.807) is 42.2 Å². The number of sulfonamides is 2. The minimum Gasteiger partial charge on any atom is -0.494 e. The number of piperazine rings is 1. The molecule has 4 rings (SSSR count). The number of anilines is 1. The normalized spacial score (nSPS) is 14.6. The standard InChI is InChI=1S/C32H41N3O6S2/c1-9-41-28-13-11-27(12-14-28)33(8)42(37,38)29-15-10-21(2)30(20-29)32(36)34-16-18-35(19-17-34)43(39,40)31-25(6)23(4)22(3)24(5)26(31)7/h10-15,20H,9,16-19H2,1-8H3. The van der Waals surface area contributed by atoms with Crippen molar-refractivity contribution in [3.8, 4) is 5.75 Å². The fraction of sp³-hybridized carbons (Fsp3) is 0.406. The molecule has 0 aliphatic carbocycles. The smallest absolute Gasteiger partial charge is 0.264 e. The van der Waals surface area contributed by atoms with Crippen molar-refractivity contribution in [2.45, 2.75) is 58.3 Å². The Hall–Kier alpha value is -3.41. The largest absolute Gasteiger partial charge is 0.494 e. The second kappa shape index (κ2) is 12.3. The van der Waals surface area contributed by atoms with Gasteiger partial charge in [-0.05, 0) is 118 Å². The maximum Gasteiger partial charge on any atom is 0.264 e. The molecule has 3 aromatic rings. The number of hydrogen-bond donors (Lipinski definition) is 0. The highest BCUT2D eigenvalue weighted by Gasteiger charge is 2.34. The maximum absolute atomic E-state index is 13.8. The van der Waals surface area contributed by atoms with Gasteiger partial charge in [-0.15, -0.1) is 0 Å². The number of ether oxygens (including phenoxy) is 1. The van der Waals surface area contributed by atoms with Crippen LogP contribution in [-0.4, -0.2) is 71.8 Å². The Kier molecular flexibility index (Phi) is 9.30. The molecule has 0 atom stereocenters. The molecule has 9 nitrogen and oxygen atoms in total. The molecule has 11 heteroatoms. The number of carbonyl (C=O) groups is 1. The first-order valence-electron chi connectivity index (χ1n) is 14.3. The lowest BCUT2D eigenvalue weighted by Gasteiger charge is -2.35. The molecule has 0 unspecified atom stereocenters. The molecule has 232 valence electrons. The first-order chi connectivity index (χ1) is 20.1. The molecule has 0 N–H and O–H groups in total. The molecule has 1 saturated heterocycles. The zero-order chi connectivity index (χ0) is 31.9. The second-order valence-corrected chi connectivity index (χ2v) is 14.9. The highest BCUT2D eigenvalue weighted by molar-refractivity contribution is 7.92. The zero-order valence-corrected chi connectivity index (χ0v) is 27.8. The lowest BCUT2D eigenvalue weighted by atomic mass is 9.95. The average molecular weight is 628 g/mol. The van der Waals surface area contributed by atoms with E-state index >= 15 is 0 Å². The van der Waals surface area contributed by atoms with Gasteiger partial charge in [0.1, 0.15) is 5.75 Å². The molecule has 0 spiro atoms. The monoisotopic (exact) mass is 627 g/mol. The number of aryl methyl sites for hydroxylation is 1. The van der Waals surface area contributed by atoms with Crippen molar-refractivity contribution in [2.24, 2.45) is 0 Å². The Morgan fingerprint density at radius 3 is 1.86 bits per heavy atom. The fourth-order valence-corrected chi connectivity index (χ4v) is 8.70. The Morgan fingerprint density at radius 2 is 1.33 bits per heavy atom. The summed E-state index contributed by atoms with van der Waals surface area (Å²) in [5, 5.41) is 0. The van der Waals surface area contributed by atoms with E-state index in [0.717, 1.165) is 27.8 Å². The Labute approximate surface area is 256 Å². The summed E-state index contributed by atoms with van der Waals surface area (Å²) in [4.78, 5) is 15.6. The van der Waals surface area contributed by atoms with Crippen molar-refractivity contribution < 1.29 is 26.4 Å². The van der Waals surface area contributed by atoms with Crippen molar-refractivity contribution in [2.75, 3.05) is 44.1 Å². The molecule has 43 heavy (non-hydrogen) atoms. The molecule has 0 saturated carbocycles. The molecule has 3 aromatic carbocycles. The molecule has 1 heterocycles. The summed E-state index contributed by atoms with van der Waals surface area (Å²) in [6, 6.07) is 11.3. The van der Waals surface area contributed by atoms with Crippen molar-refractivity contribution in [3.63, 3.8) is 0 Å². The number of carbonyl (C=O) groups excluding carboxylic acids is 1. The zero-order valence-electron chi connectivity index (χ0n) is 26.2. The molecule has 1 amide bonds. The topological polar surface area (TPSA) is 104 Å². The van der Waals surface area contributed by atoms with Gasteiger partial charge in [0.25, 0.3) is 15.9 Å². The fourth-order valence-electron chi connectivity index (χ4n) is 5.49. The Balaban J connectivity index is 1.54. The summed E-state index contributed by atoms with van der Waals surface area (Å²) in [5.41, 5.74) is 5.90. The van der Waals surface area contributed by atoms with Gasteiger partial charge in [0.05, 0.1) is 22.1 Å². The van der Waals surface area contributed by atoms with Crippen LogP contribution in [0.25, 0.3) is 0 Å². The van der Waals surface area contributed by atoms with E-state index in [-0.39, 0.29) is 42.5 Å². The van der Waals surface area contributed by atoms with E-state index in [2.05, 4.69) is 0 Å². The van der Waals surface area contributed by atoms with Gasteiger partial charge in [-0.2, -0.15) is 4.31 Å². The number of hydrogen-bond acceptors (Lipinski definition) is 6. The number of nitrogens with zero attached hydrogens (tertiary/aromatic N) is 3. The minimum atomic E-state index is -3.96. The summed E-state index contributed by atoms with van der Waals surface area (Å²) < 4.78 is 62.6. The van der Waals surface area contributed by atoms with Crippen molar-refractivity contribution >= 4 is 31.6 Å². The Morgan fingerprint density at radius 1 is 0.791 bits per heavy atom. The maximum atomic E-state index is 13.8. The molecule has 0 bridgehead atoms. The molecule has 1 fully saturated rings. The van der Waals surface area contributed by atoms with Gasteiger partial charge in [0.15, 0.2) is 0 Å². The number of benzene rings is 3. The van der Waals surface area contributed by atoms with Crippen LogP contribution in [0.3, 0.4) is 0 Å². The van der Waals surface area contributed by atoms with E-state index in [0.29, 0.717) is 28.5 Å². The van der Waals surface area contributed by atoms with Crippen molar-refractivity contribution in [3.05, 3.63) is 81.4 Å². The van der Waals surface area contributed by atoms with Crippen LogP contribution >= 0.6 is 0 Å². The highest BCUT2D eigenvalue weighted by atomic mass is 32.2. The Bertz CT molecular complexity index is 1730. The minimum absolute atomic E-state index is 0.00453. The van der Waals surface area contributed by atoms with E-state index < -0.39 is 20.0 Å². The predicted molar refractivity (Wildman–Crippen MR) is 169 cm³/mol. The summed E-state index contributed by atoms with van der Waals surface area (Å²) in [5.74, 6) is 0.312.